The van der Waals surface area contributed by atoms with Gasteiger partial charge in [-0.3, -0.25) is 4.99 Å². The zero-order chi connectivity index (χ0) is 15.9. The number of aromatic nitrogens is 2. The Bertz CT molecular complexity index is 475. The van der Waals surface area contributed by atoms with E-state index in [1.165, 1.54) is 12.8 Å². The number of piperidine rings is 1. The van der Waals surface area contributed by atoms with E-state index in [0.29, 0.717) is 5.92 Å². The summed E-state index contributed by atoms with van der Waals surface area (Å²) in [7, 11) is 1.85. The Labute approximate surface area is 133 Å². The van der Waals surface area contributed by atoms with Crippen LogP contribution < -0.4 is 5.32 Å². The van der Waals surface area contributed by atoms with Gasteiger partial charge in [0.05, 0.1) is 0 Å². The monoisotopic (exact) mass is 307 g/mol. The van der Waals surface area contributed by atoms with Crippen LogP contribution in [0.25, 0.3) is 0 Å². The summed E-state index contributed by atoms with van der Waals surface area (Å²) in [6, 6.07) is 0. The minimum Gasteiger partial charge on any atom is -0.356 e. The molecule has 0 bridgehead atoms. The van der Waals surface area contributed by atoms with Gasteiger partial charge in [-0.2, -0.15) is 4.98 Å². The van der Waals surface area contributed by atoms with Gasteiger partial charge in [-0.05, 0) is 25.2 Å². The van der Waals surface area contributed by atoms with Gasteiger partial charge in [0, 0.05) is 39.0 Å². The first-order valence-corrected chi connectivity index (χ1v) is 8.38. The average Bonchev–Trinajstić information content (AvgIpc) is 2.98. The van der Waals surface area contributed by atoms with Crippen LogP contribution in [0.4, 0.5) is 0 Å². The fraction of sp³-hybridized carbons (Fsp3) is 0.812. The van der Waals surface area contributed by atoms with Crippen molar-refractivity contribution in [3.05, 3.63) is 11.7 Å². The van der Waals surface area contributed by atoms with Crippen molar-refractivity contribution in [2.24, 2.45) is 10.9 Å². The summed E-state index contributed by atoms with van der Waals surface area (Å²) in [4.78, 5) is 11.1. The normalized spacial score (nSPS) is 17.3. The van der Waals surface area contributed by atoms with E-state index in [1.54, 1.807) is 0 Å². The molecule has 0 aromatic carbocycles. The van der Waals surface area contributed by atoms with Crippen molar-refractivity contribution in [2.45, 2.75) is 52.4 Å². The lowest BCUT2D eigenvalue weighted by atomic mass is 10.00. The zero-order valence-electron chi connectivity index (χ0n) is 14.3. The van der Waals surface area contributed by atoms with E-state index >= 15 is 0 Å². The van der Waals surface area contributed by atoms with Crippen LogP contribution in [-0.2, 0) is 6.42 Å². The predicted molar refractivity (Wildman–Crippen MR) is 88.0 cm³/mol. The molecule has 22 heavy (non-hydrogen) atoms. The second kappa shape index (κ2) is 8.15. The first-order valence-electron chi connectivity index (χ1n) is 8.38. The summed E-state index contributed by atoms with van der Waals surface area (Å²) in [5.41, 5.74) is 0. The lowest BCUT2D eigenvalue weighted by Gasteiger charge is -2.32. The molecule has 0 aliphatic carbocycles. The molecule has 1 saturated heterocycles. The predicted octanol–water partition coefficient (Wildman–Crippen LogP) is 2.43. The number of likely N-dealkylation sites (tertiary alicyclic amines) is 1. The van der Waals surface area contributed by atoms with Gasteiger partial charge in [-0.15, -0.1) is 0 Å². The molecule has 0 atom stereocenters. The molecule has 0 unspecified atom stereocenters. The summed E-state index contributed by atoms with van der Waals surface area (Å²) in [5, 5.41) is 7.43. The highest BCUT2D eigenvalue weighted by atomic mass is 16.5. The highest BCUT2D eigenvalue weighted by Crippen LogP contribution is 2.16. The van der Waals surface area contributed by atoms with Gasteiger partial charge in [0.1, 0.15) is 0 Å². The molecule has 0 amide bonds. The maximum Gasteiger partial charge on any atom is 0.226 e. The summed E-state index contributed by atoms with van der Waals surface area (Å²) < 4.78 is 5.26. The lowest BCUT2D eigenvalue weighted by molar-refractivity contribution is 0.273. The van der Waals surface area contributed by atoms with Crippen molar-refractivity contribution in [3.63, 3.8) is 0 Å². The van der Waals surface area contributed by atoms with Gasteiger partial charge in [-0.1, -0.05) is 25.9 Å². The molecule has 0 spiro atoms. The first-order chi connectivity index (χ1) is 10.6. The molecular formula is C16H29N5O. The molecule has 6 heteroatoms. The molecule has 1 aliphatic rings. The minimum absolute atomic E-state index is 0.316. The van der Waals surface area contributed by atoms with Crippen molar-refractivity contribution in [1.29, 1.82) is 0 Å². The summed E-state index contributed by atoms with van der Waals surface area (Å²) in [6.07, 6.45) is 4.27. The molecule has 124 valence electrons. The first kappa shape index (κ1) is 16.8. The Morgan fingerprint density at radius 1 is 1.41 bits per heavy atom. The number of nitrogens with zero attached hydrogens (tertiary/aromatic N) is 4. The minimum atomic E-state index is 0.316. The van der Waals surface area contributed by atoms with E-state index in [4.69, 9.17) is 4.52 Å². The van der Waals surface area contributed by atoms with Gasteiger partial charge in [-0.25, -0.2) is 0 Å². The van der Waals surface area contributed by atoms with Crippen LogP contribution in [-0.4, -0.2) is 47.7 Å². The largest absolute Gasteiger partial charge is 0.356 e. The third kappa shape index (κ3) is 4.71. The van der Waals surface area contributed by atoms with E-state index in [-0.39, 0.29) is 0 Å². The van der Waals surface area contributed by atoms with Crippen molar-refractivity contribution >= 4 is 5.96 Å². The topological polar surface area (TPSA) is 66.5 Å². The number of aryl methyl sites for hydroxylation is 1. The third-order valence-corrected chi connectivity index (χ3v) is 4.15. The quantitative estimate of drug-likeness (QED) is 0.514. The molecule has 0 radical (unpaired) electrons. The highest BCUT2D eigenvalue weighted by Gasteiger charge is 2.18. The molecule has 1 fully saturated rings. The van der Waals surface area contributed by atoms with Crippen molar-refractivity contribution < 1.29 is 4.52 Å². The van der Waals surface area contributed by atoms with Gasteiger partial charge in [0.25, 0.3) is 0 Å². The Hall–Kier alpha value is -1.59. The van der Waals surface area contributed by atoms with Crippen LogP contribution in [0.5, 0.6) is 0 Å². The van der Waals surface area contributed by atoms with Crippen LogP contribution in [0.15, 0.2) is 9.52 Å². The number of rotatable bonds is 5. The van der Waals surface area contributed by atoms with Crippen LogP contribution in [0.2, 0.25) is 0 Å². The van der Waals surface area contributed by atoms with Crippen LogP contribution in [0.3, 0.4) is 0 Å². The van der Waals surface area contributed by atoms with Crippen molar-refractivity contribution in [1.82, 2.24) is 20.4 Å². The zero-order valence-corrected chi connectivity index (χ0v) is 14.3. The number of guanidine groups is 1. The Morgan fingerprint density at radius 2 is 2.14 bits per heavy atom. The van der Waals surface area contributed by atoms with Gasteiger partial charge in [0.15, 0.2) is 11.8 Å². The third-order valence-electron chi connectivity index (χ3n) is 4.15. The number of nitrogens with one attached hydrogen (secondary N) is 1. The standard InChI is InChI=1S/C16H29N5O/c1-12(2)15-19-14(22-20-15)6-5-9-18-16(17-4)21-10-7-13(3)8-11-21/h12-13H,5-11H2,1-4H3,(H,17,18). The van der Waals surface area contributed by atoms with Gasteiger partial charge < -0.3 is 14.7 Å². The van der Waals surface area contributed by atoms with Crippen LogP contribution >= 0.6 is 0 Å². The molecule has 2 rings (SSSR count). The summed E-state index contributed by atoms with van der Waals surface area (Å²) in [6.45, 7) is 9.53. The Kier molecular flexibility index (Phi) is 6.21. The van der Waals surface area contributed by atoms with E-state index in [2.05, 4.69) is 46.1 Å². The molecule has 1 aliphatic heterocycles. The second-order valence-corrected chi connectivity index (χ2v) is 6.45. The van der Waals surface area contributed by atoms with Crippen LogP contribution in [0, 0.1) is 5.92 Å². The fourth-order valence-corrected chi connectivity index (χ4v) is 2.60. The number of aliphatic imine (C=N–C) groups is 1. The van der Waals surface area contributed by atoms with E-state index in [0.717, 1.165) is 56.1 Å². The maximum atomic E-state index is 5.26. The molecule has 2 heterocycles. The van der Waals surface area contributed by atoms with E-state index < -0.39 is 0 Å². The number of hydrogen-bond acceptors (Lipinski definition) is 4. The fourth-order valence-electron chi connectivity index (χ4n) is 2.60. The Balaban J connectivity index is 1.70. The molecule has 6 nitrogen and oxygen atoms in total. The van der Waals surface area contributed by atoms with Crippen molar-refractivity contribution in [3.8, 4) is 0 Å². The lowest BCUT2D eigenvalue weighted by Crippen LogP contribution is -2.45. The van der Waals surface area contributed by atoms with E-state index in [9.17, 15) is 0 Å². The SMILES string of the molecule is CN=C(NCCCc1nc(C(C)C)no1)N1CCC(C)CC1. The molecule has 1 aromatic rings. The maximum absolute atomic E-state index is 5.26. The molecular weight excluding hydrogens is 278 g/mol. The van der Waals surface area contributed by atoms with Crippen molar-refractivity contribution in [2.75, 3.05) is 26.7 Å². The Morgan fingerprint density at radius 3 is 2.73 bits per heavy atom. The summed E-state index contributed by atoms with van der Waals surface area (Å²) >= 11 is 0. The molecule has 0 saturated carbocycles. The summed E-state index contributed by atoms with van der Waals surface area (Å²) in [5.74, 6) is 3.69. The molecule has 1 N–H and O–H groups in total. The van der Waals surface area contributed by atoms with Crippen LogP contribution in [0.1, 0.15) is 57.7 Å². The molecule has 1 aromatic heterocycles. The number of hydrogen-bond donors (Lipinski definition) is 1. The van der Waals surface area contributed by atoms with Gasteiger partial charge in [0.2, 0.25) is 5.89 Å². The smallest absolute Gasteiger partial charge is 0.226 e. The second-order valence-electron chi connectivity index (χ2n) is 6.45. The highest BCUT2D eigenvalue weighted by molar-refractivity contribution is 5.79. The average molecular weight is 307 g/mol. The van der Waals surface area contributed by atoms with Gasteiger partial charge >= 0.3 is 0 Å². The van der Waals surface area contributed by atoms with E-state index in [1.807, 2.05) is 7.05 Å².